The monoisotopic (exact) mass is 619 g/mol. The fourth-order valence-corrected chi connectivity index (χ4v) is 7.43. The molecule has 14 nitrogen and oxygen atoms in total. The fourth-order valence-electron chi connectivity index (χ4n) is 3.20. The average molecular weight is 620 g/mol. The van der Waals surface area contributed by atoms with E-state index in [1.165, 1.54) is 18.7 Å². The van der Waals surface area contributed by atoms with E-state index in [4.69, 9.17) is 23.1 Å². The SMILES string of the molecule is CCO[Si](CCCNCC(O)COC(=O)CCSCC(C)C(=O)NC(CS(=O)(=O)[O-])C(=O)O)(OCC)OCC. The summed E-state index contributed by atoms with van der Waals surface area (Å²) < 4.78 is 54.8. The third kappa shape index (κ3) is 18.6. The molecule has 17 heteroatoms. The molecule has 1 amide bonds. The van der Waals surface area contributed by atoms with Crippen molar-refractivity contribution in [2.24, 2.45) is 5.92 Å². The summed E-state index contributed by atoms with van der Waals surface area (Å²) in [6.45, 7) is 9.33. The van der Waals surface area contributed by atoms with E-state index in [9.17, 15) is 32.5 Å². The number of carboxylic acid groups (broad SMARTS) is 1. The number of aliphatic hydroxyl groups is 1. The van der Waals surface area contributed by atoms with Crippen LogP contribution in [0.5, 0.6) is 0 Å². The third-order valence-electron chi connectivity index (χ3n) is 5.00. The summed E-state index contributed by atoms with van der Waals surface area (Å²) in [6, 6.07) is -1.19. The Bertz CT molecular complexity index is 817. The normalized spacial score (nSPS) is 14.4. The van der Waals surface area contributed by atoms with Crippen molar-refractivity contribution in [3.05, 3.63) is 0 Å². The van der Waals surface area contributed by atoms with Crippen LogP contribution in [0, 0.1) is 5.92 Å². The summed E-state index contributed by atoms with van der Waals surface area (Å²) in [7, 11) is -7.54. The second-order valence-electron chi connectivity index (χ2n) is 8.48. The van der Waals surface area contributed by atoms with Crippen molar-refractivity contribution in [1.82, 2.24) is 10.6 Å². The Labute approximate surface area is 236 Å². The van der Waals surface area contributed by atoms with E-state index in [1.54, 1.807) is 0 Å². The molecule has 0 spiro atoms. The maximum absolute atomic E-state index is 12.1. The minimum Gasteiger partial charge on any atom is -0.748 e. The van der Waals surface area contributed by atoms with Crippen LogP contribution in [0.3, 0.4) is 0 Å². The predicted octanol–water partition coefficient (Wildman–Crippen LogP) is -0.207. The molecule has 0 heterocycles. The Kier molecular flexibility index (Phi) is 19.9. The lowest BCUT2D eigenvalue weighted by Gasteiger charge is -2.28. The zero-order chi connectivity index (χ0) is 29.9. The number of rotatable bonds is 24. The minimum atomic E-state index is -4.84. The highest BCUT2D eigenvalue weighted by molar-refractivity contribution is 7.99. The van der Waals surface area contributed by atoms with E-state index in [-0.39, 0.29) is 25.3 Å². The predicted molar refractivity (Wildman–Crippen MR) is 145 cm³/mol. The highest BCUT2D eigenvalue weighted by Crippen LogP contribution is 2.17. The molecule has 0 fully saturated rings. The van der Waals surface area contributed by atoms with Gasteiger partial charge in [0, 0.05) is 49.8 Å². The molecule has 0 radical (unpaired) electrons. The summed E-state index contributed by atoms with van der Waals surface area (Å²) in [5, 5.41) is 24.2. The molecule has 3 atom stereocenters. The van der Waals surface area contributed by atoms with E-state index < -0.39 is 60.6 Å². The number of aliphatic hydroxyl groups excluding tert-OH is 1. The number of carboxylic acids is 1. The molecule has 230 valence electrons. The lowest BCUT2D eigenvalue weighted by atomic mass is 10.2. The summed E-state index contributed by atoms with van der Waals surface area (Å²) in [6.07, 6.45) is -0.135. The van der Waals surface area contributed by atoms with Gasteiger partial charge in [-0.05, 0) is 33.7 Å². The number of aliphatic carboxylic acids is 1. The zero-order valence-electron chi connectivity index (χ0n) is 23.0. The Morgan fingerprint density at radius 1 is 1.08 bits per heavy atom. The van der Waals surface area contributed by atoms with Crippen LogP contribution in [-0.4, -0.2) is 119 Å². The first-order chi connectivity index (χ1) is 18.3. The molecule has 0 aliphatic carbocycles. The fraction of sp³-hybridized carbons (Fsp3) is 0.864. The molecule has 3 unspecified atom stereocenters. The van der Waals surface area contributed by atoms with E-state index >= 15 is 0 Å². The molecular weight excluding hydrogens is 576 g/mol. The maximum atomic E-state index is 12.1. The van der Waals surface area contributed by atoms with Crippen molar-refractivity contribution in [2.45, 2.75) is 58.7 Å². The van der Waals surface area contributed by atoms with Crippen molar-refractivity contribution < 1.29 is 55.6 Å². The molecule has 0 saturated carbocycles. The van der Waals surface area contributed by atoms with Gasteiger partial charge < -0.3 is 43.4 Å². The van der Waals surface area contributed by atoms with Gasteiger partial charge in [0.2, 0.25) is 5.91 Å². The van der Waals surface area contributed by atoms with Gasteiger partial charge in [-0.25, -0.2) is 13.2 Å². The second-order valence-corrected chi connectivity index (χ2v) is 13.8. The van der Waals surface area contributed by atoms with Crippen LogP contribution in [0.4, 0.5) is 0 Å². The number of ether oxygens (including phenoxy) is 1. The van der Waals surface area contributed by atoms with E-state index in [0.29, 0.717) is 38.2 Å². The highest BCUT2D eigenvalue weighted by atomic mass is 32.2. The quantitative estimate of drug-likeness (QED) is 0.0477. The Morgan fingerprint density at radius 2 is 1.67 bits per heavy atom. The molecule has 0 aromatic rings. The molecule has 0 bridgehead atoms. The van der Waals surface area contributed by atoms with Gasteiger partial charge in [0.1, 0.15) is 18.8 Å². The Hall–Kier alpha value is -1.31. The first kappa shape index (κ1) is 37.7. The standard InChI is InChI=1S/C22H44N2O12S2Si/c1-5-34-39(35-6-2,36-7-3)12-8-10-23-13-18(25)14-33-20(26)9-11-37-15-17(4)21(27)24-19(22(28)29)16-38(30,31)32/h17-19,23,25H,5-16H2,1-4H3,(H,24,27)(H,28,29)(H,30,31,32)/p-1. The molecule has 0 aliphatic rings. The number of hydrogen-bond acceptors (Lipinski definition) is 13. The third-order valence-corrected chi connectivity index (χ3v) is 10.1. The largest absolute Gasteiger partial charge is 0.748 e. The first-order valence-corrected chi connectivity index (χ1v) is 17.5. The number of nitrogens with one attached hydrogen (secondary N) is 2. The number of carbonyl (C=O) groups is 3. The molecule has 4 N–H and O–H groups in total. The van der Waals surface area contributed by atoms with Crippen molar-refractivity contribution in [1.29, 1.82) is 0 Å². The van der Waals surface area contributed by atoms with Crippen LogP contribution >= 0.6 is 11.8 Å². The lowest BCUT2D eigenvalue weighted by molar-refractivity contribution is -0.146. The van der Waals surface area contributed by atoms with E-state index in [2.05, 4.69) is 5.32 Å². The zero-order valence-corrected chi connectivity index (χ0v) is 25.6. The summed E-state index contributed by atoms with van der Waals surface area (Å²) in [4.78, 5) is 35.1. The molecule has 39 heavy (non-hydrogen) atoms. The number of hydrogen-bond donors (Lipinski definition) is 4. The topological polar surface area (TPSA) is 210 Å². The number of carbonyl (C=O) groups excluding carboxylic acids is 2. The Morgan fingerprint density at radius 3 is 2.18 bits per heavy atom. The van der Waals surface area contributed by atoms with E-state index in [1.807, 2.05) is 26.1 Å². The second kappa shape index (κ2) is 20.5. The lowest BCUT2D eigenvalue weighted by Crippen LogP contribution is -2.47. The van der Waals surface area contributed by atoms with E-state index in [0.717, 1.165) is 6.42 Å². The first-order valence-electron chi connectivity index (χ1n) is 12.8. The van der Waals surface area contributed by atoms with Gasteiger partial charge in [-0.2, -0.15) is 11.8 Å². The van der Waals surface area contributed by atoms with Crippen molar-refractivity contribution >= 4 is 48.5 Å². The van der Waals surface area contributed by atoms with Crippen LogP contribution in [0.15, 0.2) is 0 Å². The summed E-state index contributed by atoms with van der Waals surface area (Å²) in [5.74, 6) is -4.28. The van der Waals surface area contributed by atoms with Crippen LogP contribution in [0.2, 0.25) is 6.04 Å². The van der Waals surface area contributed by atoms with Crippen molar-refractivity contribution in [3.63, 3.8) is 0 Å². The van der Waals surface area contributed by atoms with Gasteiger partial charge in [-0.1, -0.05) is 6.92 Å². The van der Waals surface area contributed by atoms with Gasteiger partial charge in [0.25, 0.3) is 0 Å². The average Bonchev–Trinajstić information content (AvgIpc) is 2.84. The minimum absolute atomic E-state index is 0.0321. The molecule has 0 saturated heterocycles. The number of esters is 1. The van der Waals surface area contributed by atoms with Crippen LogP contribution in [0.25, 0.3) is 0 Å². The van der Waals surface area contributed by atoms with Crippen molar-refractivity contribution in [3.8, 4) is 0 Å². The van der Waals surface area contributed by atoms with Gasteiger partial charge in [-0.15, -0.1) is 0 Å². The van der Waals surface area contributed by atoms with Gasteiger partial charge in [0.05, 0.1) is 22.3 Å². The molecule has 0 aromatic carbocycles. The molecular formula is C22H43N2O12S2Si-. The highest BCUT2D eigenvalue weighted by Gasteiger charge is 2.39. The summed E-state index contributed by atoms with van der Waals surface area (Å²) in [5.41, 5.74) is 0. The number of thioether (sulfide) groups is 1. The van der Waals surface area contributed by atoms with Gasteiger partial charge in [-0.3, -0.25) is 9.59 Å². The molecule has 0 aromatic heterocycles. The van der Waals surface area contributed by atoms with Crippen LogP contribution in [0.1, 0.15) is 40.5 Å². The Balaban J connectivity index is 4.16. The van der Waals surface area contributed by atoms with Gasteiger partial charge >= 0.3 is 20.7 Å². The smallest absolute Gasteiger partial charge is 0.500 e. The summed E-state index contributed by atoms with van der Waals surface area (Å²) >= 11 is 1.24. The maximum Gasteiger partial charge on any atom is 0.500 e. The van der Waals surface area contributed by atoms with Crippen LogP contribution < -0.4 is 10.6 Å². The van der Waals surface area contributed by atoms with Crippen molar-refractivity contribution in [2.75, 3.05) is 56.8 Å². The van der Waals surface area contributed by atoms with Gasteiger partial charge in [0.15, 0.2) is 0 Å². The molecule has 0 aliphatic heterocycles. The molecule has 0 rings (SSSR count). The number of amides is 1. The van der Waals surface area contributed by atoms with Crippen LogP contribution in [-0.2, 0) is 42.5 Å².